The standard InChI is InChI=1S/C23H30O4/c1-4-5-6-10-17-21(22(24)25)27-26-20-16-12-11-15-19(20)23(2,3)18-13-8-7-9-14-18/h7-9,11-16,21H,4-6,10,17H2,1-3H3,(H,24,25). The van der Waals surface area contributed by atoms with Crippen LogP contribution in [-0.2, 0) is 15.1 Å². The summed E-state index contributed by atoms with van der Waals surface area (Å²) in [6.07, 6.45) is 3.50. The molecule has 4 nitrogen and oxygen atoms in total. The Kier molecular flexibility index (Phi) is 7.86. The Balaban J connectivity index is 2.12. The Bertz CT molecular complexity index is 709. The second-order valence-electron chi connectivity index (χ2n) is 7.34. The van der Waals surface area contributed by atoms with Gasteiger partial charge in [0.05, 0.1) is 0 Å². The molecule has 0 aliphatic heterocycles. The summed E-state index contributed by atoms with van der Waals surface area (Å²) >= 11 is 0. The number of unbranched alkanes of at least 4 members (excludes halogenated alkanes) is 3. The van der Waals surface area contributed by atoms with E-state index in [1.165, 1.54) is 0 Å². The van der Waals surface area contributed by atoms with Crippen LogP contribution in [0.5, 0.6) is 5.75 Å². The predicted octanol–water partition coefficient (Wildman–Crippen LogP) is 5.75. The number of benzene rings is 2. The molecule has 0 radical (unpaired) electrons. The minimum Gasteiger partial charge on any atom is -0.479 e. The van der Waals surface area contributed by atoms with Gasteiger partial charge in [0.1, 0.15) is 0 Å². The Hall–Kier alpha value is -2.33. The molecule has 0 aliphatic carbocycles. The smallest absolute Gasteiger partial charge is 0.337 e. The van der Waals surface area contributed by atoms with E-state index in [0.717, 1.165) is 36.8 Å². The number of carboxylic acids is 1. The highest BCUT2D eigenvalue weighted by atomic mass is 17.2. The number of rotatable bonds is 11. The van der Waals surface area contributed by atoms with Crippen molar-refractivity contribution >= 4 is 5.97 Å². The lowest BCUT2D eigenvalue weighted by atomic mass is 9.78. The minimum absolute atomic E-state index is 0.305. The molecule has 0 bridgehead atoms. The van der Waals surface area contributed by atoms with Crippen LogP contribution in [-0.4, -0.2) is 17.2 Å². The third-order valence-electron chi connectivity index (χ3n) is 4.91. The molecule has 0 aliphatic rings. The average molecular weight is 370 g/mol. The fourth-order valence-corrected chi connectivity index (χ4v) is 3.15. The molecule has 0 saturated carbocycles. The van der Waals surface area contributed by atoms with Crippen molar-refractivity contribution in [2.24, 2.45) is 0 Å². The first-order valence-corrected chi connectivity index (χ1v) is 9.68. The van der Waals surface area contributed by atoms with Crippen LogP contribution in [0.1, 0.15) is 64.0 Å². The molecule has 0 amide bonds. The molecule has 0 spiro atoms. The van der Waals surface area contributed by atoms with Crippen LogP contribution in [0.15, 0.2) is 54.6 Å². The molecule has 1 N–H and O–H groups in total. The van der Waals surface area contributed by atoms with Crippen LogP contribution in [0.4, 0.5) is 0 Å². The third kappa shape index (κ3) is 5.83. The van der Waals surface area contributed by atoms with Crippen LogP contribution in [0.25, 0.3) is 0 Å². The lowest BCUT2D eigenvalue weighted by Crippen LogP contribution is -2.26. The normalized spacial score (nSPS) is 12.6. The largest absolute Gasteiger partial charge is 0.479 e. The molecule has 146 valence electrons. The molecule has 4 heteroatoms. The van der Waals surface area contributed by atoms with Crippen molar-refractivity contribution in [2.45, 2.75) is 64.4 Å². The van der Waals surface area contributed by atoms with Crippen molar-refractivity contribution in [3.63, 3.8) is 0 Å². The fourth-order valence-electron chi connectivity index (χ4n) is 3.15. The fraction of sp³-hybridized carbons (Fsp3) is 0.435. The van der Waals surface area contributed by atoms with Gasteiger partial charge in [0.2, 0.25) is 6.10 Å². The number of hydrogen-bond donors (Lipinski definition) is 1. The molecule has 0 heterocycles. The topological polar surface area (TPSA) is 55.8 Å². The van der Waals surface area contributed by atoms with Gasteiger partial charge in [-0.25, -0.2) is 4.79 Å². The molecule has 0 fully saturated rings. The lowest BCUT2D eigenvalue weighted by Gasteiger charge is -2.28. The summed E-state index contributed by atoms with van der Waals surface area (Å²) in [6, 6.07) is 17.8. The van der Waals surface area contributed by atoms with Crippen LogP contribution in [0.2, 0.25) is 0 Å². The van der Waals surface area contributed by atoms with Gasteiger partial charge < -0.3 is 9.99 Å². The Labute approximate surface area is 162 Å². The van der Waals surface area contributed by atoms with Crippen molar-refractivity contribution in [2.75, 3.05) is 0 Å². The number of carboxylic acid groups (broad SMARTS) is 1. The summed E-state index contributed by atoms with van der Waals surface area (Å²) in [5.74, 6) is -0.447. The Morgan fingerprint density at radius 2 is 1.67 bits per heavy atom. The maximum Gasteiger partial charge on any atom is 0.337 e. The zero-order valence-electron chi connectivity index (χ0n) is 16.5. The molecule has 27 heavy (non-hydrogen) atoms. The number of carbonyl (C=O) groups is 1. The van der Waals surface area contributed by atoms with Gasteiger partial charge in [-0.1, -0.05) is 95.0 Å². The van der Waals surface area contributed by atoms with E-state index >= 15 is 0 Å². The van der Waals surface area contributed by atoms with Crippen LogP contribution in [0, 0.1) is 0 Å². The van der Waals surface area contributed by atoms with E-state index in [-0.39, 0.29) is 5.41 Å². The van der Waals surface area contributed by atoms with E-state index < -0.39 is 12.1 Å². The molecular weight excluding hydrogens is 340 g/mol. The lowest BCUT2D eigenvalue weighted by molar-refractivity contribution is -0.249. The van der Waals surface area contributed by atoms with Gasteiger partial charge in [-0.15, -0.1) is 0 Å². The van der Waals surface area contributed by atoms with Gasteiger partial charge in [0.25, 0.3) is 0 Å². The predicted molar refractivity (Wildman–Crippen MR) is 107 cm³/mol. The maximum atomic E-state index is 11.5. The second kappa shape index (κ2) is 10.1. The summed E-state index contributed by atoms with van der Waals surface area (Å²) < 4.78 is 0. The first-order chi connectivity index (χ1) is 13.0. The van der Waals surface area contributed by atoms with Gasteiger partial charge in [0.15, 0.2) is 5.75 Å². The first kappa shape index (κ1) is 21.0. The minimum atomic E-state index is -0.994. The highest BCUT2D eigenvalue weighted by molar-refractivity contribution is 5.72. The quantitative estimate of drug-likeness (QED) is 0.311. The third-order valence-corrected chi connectivity index (χ3v) is 4.91. The van der Waals surface area contributed by atoms with Crippen molar-refractivity contribution in [1.29, 1.82) is 0 Å². The Morgan fingerprint density at radius 3 is 2.33 bits per heavy atom. The zero-order chi connectivity index (χ0) is 19.7. The van der Waals surface area contributed by atoms with E-state index in [0.29, 0.717) is 12.2 Å². The Morgan fingerprint density at radius 1 is 1.00 bits per heavy atom. The van der Waals surface area contributed by atoms with Crippen molar-refractivity contribution in [3.05, 3.63) is 65.7 Å². The van der Waals surface area contributed by atoms with Crippen LogP contribution in [0.3, 0.4) is 0 Å². The van der Waals surface area contributed by atoms with E-state index in [2.05, 4.69) is 32.9 Å². The number of para-hydroxylation sites is 1. The summed E-state index contributed by atoms with van der Waals surface area (Å²) in [4.78, 5) is 22.4. The average Bonchev–Trinajstić information content (AvgIpc) is 2.68. The monoisotopic (exact) mass is 370 g/mol. The van der Waals surface area contributed by atoms with Crippen molar-refractivity contribution in [1.82, 2.24) is 0 Å². The van der Waals surface area contributed by atoms with Gasteiger partial charge in [0, 0.05) is 11.0 Å². The van der Waals surface area contributed by atoms with Crippen LogP contribution >= 0.6 is 0 Å². The van der Waals surface area contributed by atoms with Gasteiger partial charge in [-0.2, -0.15) is 4.89 Å². The number of hydrogen-bond acceptors (Lipinski definition) is 3. The molecule has 1 atom stereocenters. The molecule has 0 aromatic heterocycles. The van der Waals surface area contributed by atoms with Gasteiger partial charge in [-0.05, 0) is 18.1 Å². The molecular formula is C23H30O4. The van der Waals surface area contributed by atoms with Gasteiger partial charge >= 0.3 is 5.97 Å². The number of aliphatic carboxylic acids is 1. The summed E-state index contributed by atoms with van der Waals surface area (Å²) in [5, 5.41) is 9.41. The molecule has 2 aromatic rings. The van der Waals surface area contributed by atoms with E-state index in [9.17, 15) is 9.90 Å². The summed E-state index contributed by atoms with van der Waals surface area (Å²) in [7, 11) is 0. The second-order valence-corrected chi connectivity index (χ2v) is 7.34. The summed E-state index contributed by atoms with van der Waals surface area (Å²) in [5.41, 5.74) is 1.79. The molecule has 0 saturated heterocycles. The molecule has 2 aromatic carbocycles. The first-order valence-electron chi connectivity index (χ1n) is 9.68. The van der Waals surface area contributed by atoms with Gasteiger partial charge in [-0.3, -0.25) is 0 Å². The van der Waals surface area contributed by atoms with E-state index in [1.54, 1.807) is 0 Å². The van der Waals surface area contributed by atoms with Crippen LogP contribution < -0.4 is 4.89 Å². The van der Waals surface area contributed by atoms with Crippen molar-refractivity contribution in [3.8, 4) is 5.75 Å². The highest BCUT2D eigenvalue weighted by Crippen LogP contribution is 2.37. The SMILES string of the molecule is CCCCCCC(OOc1ccccc1C(C)(C)c1ccccc1)C(=O)O. The zero-order valence-corrected chi connectivity index (χ0v) is 16.5. The van der Waals surface area contributed by atoms with Crippen molar-refractivity contribution < 1.29 is 19.7 Å². The molecule has 1 unspecified atom stereocenters. The van der Waals surface area contributed by atoms with E-state index in [1.807, 2.05) is 42.5 Å². The maximum absolute atomic E-state index is 11.5. The van der Waals surface area contributed by atoms with E-state index in [4.69, 9.17) is 9.78 Å². The molecule has 2 rings (SSSR count). The summed E-state index contributed by atoms with van der Waals surface area (Å²) in [6.45, 7) is 6.35. The highest BCUT2D eigenvalue weighted by Gasteiger charge is 2.28.